The first-order valence-electron chi connectivity index (χ1n) is 5.85. The van der Waals surface area contributed by atoms with Crippen LogP contribution in [0.3, 0.4) is 0 Å². The van der Waals surface area contributed by atoms with E-state index in [9.17, 15) is 10.2 Å². The zero-order valence-corrected chi connectivity index (χ0v) is 10.00. The van der Waals surface area contributed by atoms with Crippen LogP contribution in [0.2, 0.25) is 0 Å². The summed E-state index contributed by atoms with van der Waals surface area (Å²) in [5, 5.41) is 20.8. The van der Waals surface area contributed by atoms with Crippen LogP contribution in [0.25, 0.3) is 0 Å². The van der Waals surface area contributed by atoms with Crippen molar-refractivity contribution in [3.8, 4) is 5.75 Å². The van der Waals surface area contributed by atoms with E-state index in [-0.39, 0.29) is 0 Å². The lowest BCUT2D eigenvalue weighted by Gasteiger charge is -2.29. The van der Waals surface area contributed by atoms with Crippen molar-refractivity contribution in [1.82, 2.24) is 0 Å². The maximum atomic E-state index is 10.5. The molecule has 1 aliphatic rings. The molecular formula is C15H14O3. The van der Waals surface area contributed by atoms with Gasteiger partial charge in [-0.25, -0.2) is 0 Å². The van der Waals surface area contributed by atoms with Crippen molar-refractivity contribution in [2.24, 2.45) is 0 Å². The van der Waals surface area contributed by atoms with Gasteiger partial charge in [0.15, 0.2) is 0 Å². The Bertz CT molecular complexity index is 592. The highest BCUT2D eigenvalue weighted by atomic mass is 16.5. The fourth-order valence-corrected chi connectivity index (χ4v) is 2.60. The van der Waals surface area contributed by atoms with Gasteiger partial charge in [-0.05, 0) is 22.8 Å². The molecule has 3 rings (SSSR count). The van der Waals surface area contributed by atoms with Gasteiger partial charge in [0.25, 0.3) is 0 Å². The van der Waals surface area contributed by atoms with E-state index in [0.717, 1.165) is 11.1 Å². The molecule has 0 saturated heterocycles. The second-order valence-electron chi connectivity index (χ2n) is 4.40. The zero-order chi connectivity index (χ0) is 12.7. The zero-order valence-electron chi connectivity index (χ0n) is 10.00. The van der Waals surface area contributed by atoms with Gasteiger partial charge in [0.1, 0.15) is 18.0 Å². The Hall–Kier alpha value is -1.84. The minimum absolute atomic E-state index is 0.605. The van der Waals surface area contributed by atoms with Crippen LogP contribution in [0.1, 0.15) is 34.5 Å². The average molecular weight is 242 g/mol. The SMILES string of the molecule is COc1cccc2c1C(O)c1ccccc1C2O. The molecule has 2 N–H and O–H groups in total. The molecule has 0 saturated carbocycles. The molecule has 2 unspecified atom stereocenters. The molecule has 0 fully saturated rings. The average Bonchev–Trinajstić information content (AvgIpc) is 2.44. The summed E-state index contributed by atoms with van der Waals surface area (Å²) >= 11 is 0. The lowest BCUT2D eigenvalue weighted by atomic mass is 9.81. The van der Waals surface area contributed by atoms with E-state index in [4.69, 9.17) is 4.74 Å². The minimum atomic E-state index is -0.754. The number of hydrogen-bond acceptors (Lipinski definition) is 3. The summed E-state index contributed by atoms with van der Waals surface area (Å²) in [5.41, 5.74) is 2.86. The molecule has 2 aromatic carbocycles. The number of hydrogen-bond donors (Lipinski definition) is 2. The van der Waals surface area contributed by atoms with Crippen LogP contribution in [0.5, 0.6) is 5.75 Å². The van der Waals surface area contributed by atoms with E-state index in [2.05, 4.69) is 0 Å². The molecule has 3 heteroatoms. The largest absolute Gasteiger partial charge is 0.496 e. The third-order valence-electron chi connectivity index (χ3n) is 3.47. The number of fused-ring (bicyclic) bond motifs is 2. The molecule has 0 radical (unpaired) electrons. The Morgan fingerprint density at radius 3 is 2.11 bits per heavy atom. The Morgan fingerprint density at radius 1 is 0.833 bits per heavy atom. The highest BCUT2D eigenvalue weighted by Crippen LogP contribution is 2.44. The minimum Gasteiger partial charge on any atom is -0.496 e. The molecule has 2 atom stereocenters. The van der Waals surface area contributed by atoms with Crippen LogP contribution in [-0.4, -0.2) is 17.3 Å². The second-order valence-corrected chi connectivity index (χ2v) is 4.40. The molecule has 0 aliphatic heterocycles. The number of rotatable bonds is 1. The van der Waals surface area contributed by atoms with E-state index in [1.807, 2.05) is 36.4 Å². The van der Waals surface area contributed by atoms with E-state index in [1.165, 1.54) is 0 Å². The lowest BCUT2D eigenvalue weighted by Crippen LogP contribution is -2.18. The first kappa shape index (κ1) is 11.3. The van der Waals surface area contributed by atoms with E-state index >= 15 is 0 Å². The van der Waals surface area contributed by atoms with Gasteiger partial charge in [0, 0.05) is 5.56 Å². The van der Waals surface area contributed by atoms with Crippen molar-refractivity contribution in [3.63, 3.8) is 0 Å². The topological polar surface area (TPSA) is 49.7 Å². The highest BCUT2D eigenvalue weighted by Gasteiger charge is 2.31. The molecule has 92 valence electrons. The maximum absolute atomic E-state index is 10.5. The maximum Gasteiger partial charge on any atom is 0.125 e. The predicted octanol–water partition coefficient (Wildman–Crippen LogP) is 2.17. The molecule has 0 amide bonds. The van der Waals surface area contributed by atoms with Crippen molar-refractivity contribution < 1.29 is 14.9 Å². The molecule has 2 aromatic rings. The Kier molecular flexibility index (Phi) is 2.58. The Balaban J connectivity index is 2.27. The smallest absolute Gasteiger partial charge is 0.125 e. The second kappa shape index (κ2) is 4.12. The fraction of sp³-hybridized carbons (Fsp3) is 0.200. The van der Waals surface area contributed by atoms with Crippen LogP contribution in [0, 0.1) is 0 Å². The summed E-state index contributed by atoms with van der Waals surface area (Å²) in [4.78, 5) is 0. The first-order valence-corrected chi connectivity index (χ1v) is 5.85. The molecular weight excluding hydrogens is 228 g/mol. The summed E-state index contributed by atoms with van der Waals surface area (Å²) in [6.07, 6.45) is -1.47. The molecule has 3 nitrogen and oxygen atoms in total. The van der Waals surface area contributed by atoms with Crippen molar-refractivity contribution in [2.45, 2.75) is 12.2 Å². The fourth-order valence-electron chi connectivity index (χ4n) is 2.60. The van der Waals surface area contributed by atoms with Gasteiger partial charge in [0.05, 0.1) is 7.11 Å². The van der Waals surface area contributed by atoms with Crippen LogP contribution >= 0.6 is 0 Å². The van der Waals surface area contributed by atoms with Crippen molar-refractivity contribution in [2.75, 3.05) is 7.11 Å². The Morgan fingerprint density at radius 2 is 1.44 bits per heavy atom. The van der Waals surface area contributed by atoms with Gasteiger partial charge in [-0.2, -0.15) is 0 Å². The predicted molar refractivity (Wildman–Crippen MR) is 67.6 cm³/mol. The van der Waals surface area contributed by atoms with Crippen LogP contribution in [0.4, 0.5) is 0 Å². The number of ether oxygens (including phenoxy) is 1. The molecule has 0 aromatic heterocycles. The van der Waals surface area contributed by atoms with Gasteiger partial charge >= 0.3 is 0 Å². The number of aliphatic hydroxyl groups excluding tert-OH is 2. The third kappa shape index (κ3) is 1.45. The highest BCUT2D eigenvalue weighted by molar-refractivity contribution is 5.54. The summed E-state index contributed by atoms with van der Waals surface area (Å²) < 4.78 is 5.28. The van der Waals surface area contributed by atoms with E-state index < -0.39 is 12.2 Å². The summed E-state index contributed by atoms with van der Waals surface area (Å²) in [5.74, 6) is 0.605. The standard InChI is InChI=1S/C15H14O3/c1-18-12-8-4-7-11-13(12)15(17)10-6-3-2-5-9(10)14(11)16/h2-8,14-17H,1H3. The monoisotopic (exact) mass is 242 g/mol. The van der Waals surface area contributed by atoms with Gasteiger partial charge in [-0.3, -0.25) is 0 Å². The van der Waals surface area contributed by atoms with Crippen LogP contribution < -0.4 is 4.74 Å². The molecule has 0 bridgehead atoms. The first-order chi connectivity index (χ1) is 8.74. The number of aliphatic hydroxyl groups is 2. The number of methoxy groups -OCH3 is 1. The molecule has 0 spiro atoms. The Labute approximate surface area is 105 Å². The van der Waals surface area contributed by atoms with Crippen LogP contribution in [-0.2, 0) is 0 Å². The van der Waals surface area contributed by atoms with Crippen molar-refractivity contribution >= 4 is 0 Å². The van der Waals surface area contributed by atoms with Gasteiger partial charge in [0.2, 0.25) is 0 Å². The lowest BCUT2D eigenvalue weighted by molar-refractivity contribution is 0.169. The molecule has 1 aliphatic carbocycles. The van der Waals surface area contributed by atoms with Crippen molar-refractivity contribution in [1.29, 1.82) is 0 Å². The summed E-state index contributed by atoms with van der Waals surface area (Å²) in [6, 6.07) is 12.8. The van der Waals surface area contributed by atoms with Gasteiger partial charge < -0.3 is 14.9 Å². The van der Waals surface area contributed by atoms with Crippen molar-refractivity contribution in [3.05, 3.63) is 64.7 Å². The summed E-state index contributed by atoms with van der Waals surface area (Å²) in [7, 11) is 1.56. The quantitative estimate of drug-likeness (QED) is 0.805. The van der Waals surface area contributed by atoms with Gasteiger partial charge in [-0.15, -0.1) is 0 Å². The molecule has 18 heavy (non-hydrogen) atoms. The summed E-state index contributed by atoms with van der Waals surface area (Å²) in [6.45, 7) is 0. The van der Waals surface area contributed by atoms with Crippen LogP contribution in [0.15, 0.2) is 42.5 Å². The molecule has 0 heterocycles. The van der Waals surface area contributed by atoms with Gasteiger partial charge in [-0.1, -0.05) is 36.4 Å². The third-order valence-corrected chi connectivity index (χ3v) is 3.47. The van der Waals surface area contributed by atoms with E-state index in [0.29, 0.717) is 16.9 Å². The van der Waals surface area contributed by atoms with E-state index in [1.54, 1.807) is 13.2 Å². The normalized spacial score (nSPS) is 21.1. The number of benzene rings is 2.